The predicted molar refractivity (Wildman–Crippen MR) is 52.7 cm³/mol. The number of rotatable bonds is 4. The van der Waals surface area contributed by atoms with Crippen molar-refractivity contribution in [3.8, 4) is 0 Å². The molecule has 0 radical (unpaired) electrons. The van der Waals surface area contributed by atoms with Crippen LogP contribution in [0.3, 0.4) is 0 Å². The first-order chi connectivity index (χ1) is 7.41. The van der Waals surface area contributed by atoms with Crippen LogP contribution in [0.2, 0.25) is 0 Å². The van der Waals surface area contributed by atoms with Crippen molar-refractivity contribution >= 4 is 17.5 Å². The molecule has 0 bridgehead atoms. The number of hydrogen-bond donors (Lipinski definition) is 1. The second kappa shape index (κ2) is 4.65. The fourth-order valence-corrected chi connectivity index (χ4v) is 1.17. The van der Waals surface area contributed by atoms with E-state index in [0.29, 0.717) is 5.56 Å². The normalized spacial score (nSPS) is 9.88. The molecule has 0 aliphatic carbocycles. The molecule has 84 valence electrons. The number of benzene rings is 1. The van der Waals surface area contributed by atoms with Gasteiger partial charge >= 0.3 is 5.97 Å². The number of Topliss-reactive ketones (excluding diaryl/α,β-unsaturated/α-hetero) is 2. The molecule has 1 aromatic carbocycles. The molecule has 0 saturated heterocycles. The molecule has 0 aliphatic rings. The molecule has 0 fully saturated rings. The van der Waals surface area contributed by atoms with Gasteiger partial charge in [0.15, 0.2) is 5.78 Å². The second-order valence-corrected chi connectivity index (χ2v) is 3.31. The molecule has 1 aromatic rings. The fourth-order valence-electron chi connectivity index (χ4n) is 1.17. The van der Waals surface area contributed by atoms with Gasteiger partial charge in [0.25, 0.3) is 0 Å². The number of aryl methyl sites for hydroxylation is 1. The van der Waals surface area contributed by atoms with Crippen LogP contribution in [0, 0.1) is 12.7 Å². The smallest absolute Gasteiger partial charge is 0.372 e. The number of halogens is 1. The van der Waals surface area contributed by atoms with Crippen LogP contribution in [0.25, 0.3) is 0 Å². The number of ketones is 2. The largest absolute Gasteiger partial charge is 0.475 e. The Morgan fingerprint density at radius 1 is 1.31 bits per heavy atom. The van der Waals surface area contributed by atoms with E-state index in [4.69, 9.17) is 5.11 Å². The molecule has 0 aliphatic heterocycles. The Bertz CT molecular complexity index is 465. The quantitative estimate of drug-likeness (QED) is 0.476. The summed E-state index contributed by atoms with van der Waals surface area (Å²) in [6, 6.07) is 3.87. The van der Waals surface area contributed by atoms with Gasteiger partial charge in [0, 0.05) is 0 Å². The van der Waals surface area contributed by atoms with Crippen molar-refractivity contribution < 1.29 is 23.9 Å². The minimum Gasteiger partial charge on any atom is -0.475 e. The Balaban J connectivity index is 2.93. The predicted octanol–water partition coefficient (Wildman–Crippen LogP) is 1.36. The third kappa shape index (κ3) is 2.73. The lowest BCUT2D eigenvalue weighted by atomic mass is 10.0. The molecule has 0 heterocycles. The van der Waals surface area contributed by atoms with Crippen LogP contribution in [-0.2, 0) is 9.59 Å². The summed E-state index contributed by atoms with van der Waals surface area (Å²) in [6.07, 6.45) is -0.824. The van der Waals surface area contributed by atoms with Crippen molar-refractivity contribution in [1.82, 2.24) is 0 Å². The zero-order valence-corrected chi connectivity index (χ0v) is 8.49. The summed E-state index contributed by atoms with van der Waals surface area (Å²) in [5, 5.41) is 8.31. The fraction of sp³-hybridized carbons (Fsp3) is 0.182. The van der Waals surface area contributed by atoms with Gasteiger partial charge in [0.1, 0.15) is 5.82 Å². The van der Waals surface area contributed by atoms with Crippen molar-refractivity contribution in [3.63, 3.8) is 0 Å². The molecule has 16 heavy (non-hydrogen) atoms. The number of carbonyl (C=O) groups is 3. The monoisotopic (exact) mass is 224 g/mol. The van der Waals surface area contributed by atoms with Gasteiger partial charge in [-0.05, 0) is 19.1 Å². The van der Waals surface area contributed by atoms with Gasteiger partial charge in [-0.15, -0.1) is 0 Å². The third-order valence-corrected chi connectivity index (χ3v) is 1.98. The second-order valence-electron chi connectivity index (χ2n) is 3.31. The highest BCUT2D eigenvalue weighted by atomic mass is 19.1. The van der Waals surface area contributed by atoms with Crippen molar-refractivity contribution in [2.45, 2.75) is 13.3 Å². The summed E-state index contributed by atoms with van der Waals surface area (Å²) in [5.41, 5.74) is 0.405. The maximum atomic E-state index is 13.2. The standard InChI is InChI=1S/C11H9FO4/c1-6-2-3-8(12)7(4-6)9(13)5-10(14)11(15)16/h2-4H,5H2,1H3,(H,15,16). The van der Waals surface area contributed by atoms with Gasteiger partial charge in [-0.1, -0.05) is 11.6 Å². The lowest BCUT2D eigenvalue weighted by Crippen LogP contribution is -2.17. The maximum Gasteiger partial charge on any atom is 0.372 e. The lowest BCUT2D eigenvalue weighted by Gasteiger charge is -2.02. The summed E-state index contributed by atoms with van der Waals surface area (Å²) >= 11 is 0. The summed E-state index contributed by atoms with van der Waals surface area (Å²) in [6.45, 7) is 1.66. The molecule has 1 N–H and O–H groups in total. The van der Waals surface area contributed by atoms with Crippen molar-refractivity contribution in [1.29, 1.82) is 0 Å². The molecule has 5 heteroatoms. The number of carbonyl (C=O) groups excluding carboxylic acids is 2. The average Bonchev–Trinajstić information content (AvgIpc) is 2.21. The van der Waals surface area contributed by atoms with Gasteiger partial charge in [-0.25, -0.2) is 9.18 Å². The molecule has 1 rings (SSSR count). The first kappa shape index (κ1) is 12.0. The van der Waals surface area contributed by atoms with Crippen LogP contribution in [0.15, 0.2) is 18.2 Å². The summed E-state index contributed by atoms with van der Waals surface area (Å²) in [4.78, 5) is 32.4. The van der Waals surface area contributed by atoms with E-state index in [1.807, 2.05) is 0 Å². The van der Waals surface area contributed by atoms with Crippen molar-refractivity contribution in [3.05, 3.63) is 35.1 Å². The van der Waals surface area contributed by atoms with Gasteiger partial charge in [0.2, 0.25) is 5.78 Å². The van der Waals surface area contributed by atoms with Crippen LogP contribution in [-0.4, -0.2) is 22.6 Å². The summed E-state index contributed by atoms with van der Waals surface area (Å²) in [5.74, 6) is -4.52. The van der Waals surface area contributed by atoms with E-state index >= 15 is 0 Å². The first-order valence-electron chi connectivity index (χ1n) is 4.47. The van der Waals surface area contributed by atoms with E-state index < -0.39 is 29.8 Å². The highest BCUT2D eigenvalue weighted by molar-refractivity contribution is 6.37. The van der Waals surface area contributed by atoms with Crippen LogP contribution < -0.4 is 0 Å². The van der Waals surface area contributed by atoms with Crippen molar-refractivity contribution in [2.24, 2.45) is 0 Å². The van der Waals surface area contributed by atoms with Crippen molar-refractivity contribution in [2.75, 3.05) is 0 Å². The highest BCUT2D eigenvalue weighted by Crippen LogP contribution is 2.12. The molecular weight excluding hydrogens is 215 g/mol. The topological polar surface area (TPSA) is 71.4 Å². The Morgan fingerprint density at radius 2 is 1.94 bits per heavy atom. The average molecular weight is 224 g/mol. The molecule has 0 unspecified atom stereocenters. The minimum atomic E-state index is -1.69. The Hall–Kier alpha value is -2.04. The van der Waals surface area contributed by atoms with Gasteiger partial charge < -0.3 is 5.11 Å². The van der Waals surface area contributed by atoms with Crippen LogP contribution in [0.5, 0.6) is 0 Å². The SMILES string of the molecule is Cc1ccc(F)c(C(=O)CC(=O)C(=O)O)c1. The number of hydrogen-bond acceptors (Lipinski definition) is 3. The number of carboxylic acids is 1. The number of aliphatic carboxylic acids is 1. The van der Waals surface area contributed by atoms with Crippen LogP contribution in [0.4, 0.5) is 4.39 Å². The number of carboxylic acid groups (broad SMARTS) is 1. The van der Waals surface area contributed by atoms with Gasteiger partial charge in [-0.2, -0.15) is 0 Å². The molecule has 0 aromatic heterocycles. The van der Waals surface area contributed by atoms with E-state index in [2.05, 4.69) is 0 Å². The van der Waals surface area contributed by atoms with E-state index in [9.17, 15) is 18.8 Å². The molecular formula is C11H9FO4. The Kier molecular flexibility index (Phi) is 3.50. The third-order valence-electron chi connectivity index (χ3n) is 1.98. The zero-order chi connectivity index (χ0) is 12.3. The van der Waals surface area contributed by atoms with E-state index in [-0.39, 0.29) is 5.56 Å². The lowest BCUT2D eigenvalue weighted by molar-refractivity contribution is -0.148. The summed E-state index contributed by atoms with van der Waals surface area (Å²) in [7, 11) is 0. The minimum absolute atomic E-state index is 0.255. The van der Waals surface area contributed by atoms with Crippen LogP contribution >= 0.6 is 0 Å². The first-order valence-corrected chi connectivity index (χ1v) is 4.47. The molecule has 0 saturated carbocycles. The molecule has 0 atom stereocenters. The molecule has 4 nitrogen and oxygen atoms in total. The van der Waals surface area contributed by atoms with E-state index in [1.54, 1.807) is 6.92 Å². The van der Waals surface area contributed by atoms with E-state index in [0.717, 1.165) is 6.07 Å². The van der Waals surface area contributed by atoms with E-state index in [1.165, 1.54) is 12.1 Å². The maximum absolute atomic E-state index is 13.2. The molecule has 0 amide bonds. The van der Waals surface area contributed by atoms with Gasteiger partial charge in [0.05, 0.1) is 12.0 Å². The zero-order valence-electron chi connectivity index (χ0n) is 8.49. The Morgan fingerprint density at radius 3 is 2.50 bits per heavy atom. The Labute approximate surface area is 90.7 Å². The van der Waals surface area contributed by atoms with Gasteiger partial charge in [-0.3, -0.25) is 9.59 Å². The van der Waals surface area contributed by atoms with Crippen LogP contribution in [0.1, 0.15) is 22.3 Å². The summed E-state index contributed by atoms with van der Waals surface area (Å²) < 4.78 is 13.2. The molecule has 0 spiro atoms. The highest BCUT2D eigenvalue weighted by Gasteiger charge is 2.20.